The van der Waals surface area contributed by atoms with Gasteiger partial charge in [0.25, 0.3) is 5.91 Å². The maximum atomic E-state index is 12.1. The number of esters is 1. The van der Waals surface area contributed by atoms with E-state index in [2.05, 4.69) is 15.0 Å². The van der Waals surface area contributed by atoms with E-state index in [0.29, 0.717) is 17.9 Å². The molecule has 0 aliphatic carbocycles. The largest absolute Gasteiger partial charge is 0.465 e. The summed E-state index contributed by atoms with van der Waals surface area (Å²) in [4.78, 5) is 27.4. The second-order valence-electron chi connectivity index (χ2n) is 4.51. The van der Waals surface area contributed by atoms with Crippen LogP contribution < -0.4 is 5.32 Å². The number of anilines is 1. The molecule has 22 heavy (non-hydrogen) atoms. The number of carbonyl (C=O) groups is 2. The quantitative estimate of drug-likeness (QED) is 0.857. The number of hydrogen-bond donors (Lipinski definition) is 1. The van der Waals surface area contributed by atoms with Crippen LogP contribution in [0.3, 0.4) is 0 Å². The lowest BCUT2D eigenvalue weighted by Crippen LogP contribution is -2.14. The van der Waals surface area contributed by atoms with Gasteiger partial charge in [-0.1, -0.05) is 12.1 Å². The first-order chi connectivity index (χ1) is 10.6. The van der Waals surface area contributed by atoms with Crippen LogP contribution in [0.4, 0.5) is 5.69 Å². The molecule has 6 heteroatoms. The fraction of sp³-hybridized carbons (Fsp3) is 0.188. The minimum Gasteiger partial charge on any atom is -0.465 e. The number of ether oxygens (including phenoxy) is 2. The summed E-state index contributed by atoms with van der Waals surface area (Å²) in [5.74, 6) is -0.849. The minimum absolute atomic E-state index is 0.213. The molecule has 0 atom stereocenters. The van der Waals surface area contributed by atoms with E-state index >= 15 is 0 Å². The number of nitrogens with one attached hydrogen (secondary N) is 1. The molecule has 0 saturated heterocycles. The predicted molar refractivity (Wildman–Crippen MR) is 80.7 cm³/mol. The molecule has 2 rings (SSSR count). The highest BCUT2D eigenvalue weighted by Gasteiger charge is 2.10. The van der Waals surface area contributed by atoms with Gasteiger partial charge in [0.15, 0.2) is 0 Å². The molecule has 0 spiro atoms. The van der Waals surface area contributed by atoms with Gasteiger partial charge >= 0.3 is 5.97 Å². The van der Waals surface area contributed by atoms with E-state index in [-0.39, 0.29) is 11.6 Å². The summed E-state index contributed by atoms with van der Waals surface area (Å²) >= 11 is 0. The Kier molecular flexibility index (Phi) is 5.21. The summed E-state index contributed by atoms with van der Waals surface area (Å²) in [6.07, 6.45) is 1.31. The molecule has 114 valence electrons. The minimum atomic E-state index is -0.494. The first-order valence-corrected chi connectivity index (χ1v) is 6.57. The molecule has 0 fully saturated rings. The lowest BCUT2D eigenvalue weighted by Gasteiger charge is -2.07. The summed E-state index contributed by atoms with van der Waals surface area (Å²) in [5.41, 5.74) is 2.11. The van der Waals surface area contributed by atoms with Crippen LogP contribution in [0.2, 0.25) is 0 Å². The molecular formula is C16H16N2O4. The van der Waals surface area contributed by atoms with Gasteiger partial charge in [-0.05, 0) is 29.8 Å². The molecule has 0 aliphatic heterocycles. The zero-order chi connectivity index (χ0) is 15.9. The van der Waals surface area contributed by atoms with Gasteiger partial charge in [0.05, 0.1) is 19.3 Å². The first kappa shape index (κ1) is 15.7. The predicted octanol–water partition coefficient (Wildman–Crippen LogP) is 2.27. The van der Waals surface area contributed by atoms with E-state index in [9.17, 15) is 9.59 Å². The van der Waals surface area contributed by atoms with Gasteiger partial charge in [-0.3, -0.25) is 9.78 Å². The Morgan fingerprint density at radius 2 is 2.00 bits per heavy atom. The smallest absolute Gasteiger partial charge is 0.339 e. The molecule has 1 heterocycles. The van der Waals surface area contributed by atoms with Crippen molar-refractivity contribution < 1.29 is 19.1 Å². The van der Waals surface area contributed by atoms with Gasteiger partial charge in [-0.2, -0.15) is 0 Å². The molecule has 6 nitrogen and oxygen atoms in total. The van der Waals surface area contributed by atoms with Crippen molar-refractivity contribution in [1.82, 2.24) is 4.98 Å². The lowest BCUT2D eigenvalue weighted by atomic mass is 10.2. The fourth-order valence-corrected chi connectivity index (χ4v) is 1.87. The van der Waals surface area contributed by atoms with E-state index < -0.39 is 5.97 Å². The fourth-order valence-electron chi connectivity index (χ4n) is 1.87. The topological polar surface area (TPSA) is 77.5 Å². The summed E-state index contributed by atoms with van der Waals surface area (Å²) in [5, 5.41) is 2.75. The molecule has 1 aromatic carbocycles. The highest BCUT2D eigenvalue weighted by Crippen LogP contribution is 2.13. The average Bonchev–Trinajstić information content (AvgIpc) is 2.55. The van der Waals surface area contributed by atoms with Crippen molar-refractivity contribution in [2.24, 2.45) is 0 Å². The highest BCUT2D eigenvalue weighted by molar-refractivity contribution is 6.03. The van der Waals surface area contributed by atoms with Gasteiger partial charge in [0.1, 0.15) is 5.69 Å². The Balaban J connectivity index is 2.08. The average molecular weight is 300 g/mol. The Labute approximate surface area is 128 Å². The van der Waals surface area contributed by atoms with Crippen LogP contribution in [0, 0.1) is 0 Å². The van der Waals surface area contributed by atoms with Crippen LogP contribution in [0.1, 0.15) is 26.4 Å². The van der Waals surface area contributed by atoms with Crippen LogP contribution in [-0.2, 0) is 16.1 Å². The number of rotatable bonds is 5. The van der Waals surface area contributed by atoms with Gasteiger partial charge in [0.2, 0.25) is 0 Å². The van der Waals surface area contributed by atoms with Crippen molar-refractivity contribution in [3.8, 4) is 0 Å². The summed E-state index contributed by atoms with van der Waals surface area (Å²) in [6.45, 7) is 0.468. The van der Waals surface area contributed by atoms with Crippen molar-refractivity contribution in [3.63, 3.8) is 0 Å². The van der Waals surface area contributed by atoms with Crippen LogP contribution in [-0.4, -0.2) is 31.1 Å². The van der Waals surface area contributed by atoms with E-state index in [4.69, 9.17) is 4.74 Å². The van der Waals surface area contributed by atoms with E-state index in [1.54, 1.807) is 13.2 Å². The third kappa shape index (κ3) is 3.89. The molecule has 1 amide bonds. The SMILES string of the molecule is COCc1cccc(NC(=O)c2ccc(C(=O)OC)cn2)c1. The van der Waals surface area contributed by atoms with E-state index in [0.717, 1.165) is 5.56 Å². The van der Waals surface area contributed by atoms with Crippen LogP contribution in [0.5, 0.6) is 0 Å². The number of benzene rings is 1. The highest BCUT2D eigenvalue weighted by atomic mass is 16.5. The summed E-state index contributed by atoms with van der Waals surface area (Å²) in [6, 6.07) is 10.3. The molecule has 1 N–H and O–H groups in total. The molecule has 0 radical (unpaired) electrons. The maximum absolute atomic E-state index is 12.1. The van der Waals surface area contributed by atoms with Crippen LogP contribution >= 0.6 is 0 Å². The second kappa shape index (κ2) is 7.33. The third-order valence-electron chi connectivity index (χ3n) is 2.91. The van der Waals surface area contributed by atoms with E-state index in [1.807, 2.05) is 18.2 Å². The van der Waals surface area contributed by atoms with Crippen molar-refractivity contribution in [3.05, 3.63) is 59.4 Å². The molecule has 0 bridgehead atoms. The molecule has 2 aromatic rings. The summed E-state index contributed by atoms with van der Waals surface area (Å²) < 4.78 is 9.63. The third-order valence-corrected chi connectivity index (χ3v) is 2.91. The summed E-state index contributed by atoms with van der Waals surface area (Å²) in [7, 11) is 2.90. The molecular weight excluding hydrogens is 284 g/mol. The van der Waals surface area contributed by atoms with Crippen molar-refractivity contribution in [2.75, 3.05) is 19.5 Å². The zero-order valence-electron chi connectivity index (χ0n) is 12.3. The van der Waals surface area contributed by atoms with Gasteiger partial charge in [0, 0.05) is 19.0 Å². The maximum Gasteiger partial charge on any atom is 0.339 e. The van der Waals surface area contributed by atoms with Gasteiger partial charge in [-0.25, -0.2) is 4.79 Å². The first-order valence-electron chi connectivity index (χ1n) is 6.57. The normalized spacial score (nSPS) is 10.1. The standard InChI is InChI=1S/C16H16N2O4/c1-21-10-11-4-3-5-13(8-11)18-15(19)14-7-6-12(9-17-14)16(20)22-2/h3-9H,10H2,1-2H3,(H,18,19). The Bertz CT molecular complexity index is 668. The number of hydrogen-bond acceptors (Lipinski definition) is 5. The number of carbonyl (C=O) groups excluding carboxylic acids is 2. The Morgan fingerprint density at radius 3 is 2.64 bits per heavy atom. The van der Waals surface area contributed by atoms with Gasteiger partial charge < -0.3 is 14.8 Å². The monoisotopic (exact) mass is 300 g/mol. The number of aromatic nitrogens is 1. The Morgan fingerprint density at radius 1 is 1.18 bits per heavy atom. The van der Waals surface area contributed by atoms with Crippen molar-refractivity contribution in [2.45, 2.75) is 6.61 Å². The van der Waals surface area contributed by atoms with Crippen LogP contribution in [0.15, 0.2) is 42.6 Å². The second-order valence-corrected chi connectivity index (χ2v) is 4.51. The van der Waals surface area contributed by atoms with Crippen LogP contribution in [0.25, 0.3) is 0 Å². The van der Waals surface area contributed by atoms with Crippen molar-refractivity contribution in [1.29, 1.82) is 0 Å². The zero-order valence-corrected chi connectivity index (χ0v) is 12.3. The van der Waals surface area contributed by atoms with Crippen molar-refractivity contribution >= 4 is 17.6 Å². The molecule has 0 aliphatic rings. The number of pyridine rings is 1. The number of methoxy groups -OCH3 is 2. The molecule has 0 saturated carbocycles. The number of amides is 1. The molecule has 1 aromatic heterocycles. The number of nitrogens with zero attached hydrogens (tertiary/aromatic N) is 1. The lowest BCUT2D eigenvalue weighted by molar-refractivity contribution is 0.0600. The van der Waals surface area contributed by atoms with E-state index in [1.165, 1.54) is 25.4 Å². The van der Waals surface area contributed by atoms with Gasteiger partial charge in [-0.15, -0.1) is 0 Å². The Hall–Kier alpha value is -2.73. The molecule has 0 unspecified atom stereocenters.